The van der Waals surface area contributed by atoms with Crippen molar-refractivity contribution in [3.8, 4) is 11.4 Å². The molecule has 1 heterocycles. The molecule has 0 unspecified atom stereocenters. The first-order valence-corrected chi connectivity index (χ1v) is 7.71. The van der Waals surface area contributed by atoms with E-state index in [1.165, 1.54) is 19.3 Å². The number of anilines is 2. The van der Waals surface area contributed by atoms with Gasteiger partial charge < -0.3 is 10.6 Å². The van der Waals surface area contributed by atoms with Gasteiger partial charge in [0.2, 0.25) is 0 Å². The zero-order chi connectivity index (χ0) is 14.7. The molecule has 1 aromatic carbocycles. The summed E-state index contributed by atoms with van der Waals surface area (Å²) >= 11 is 0. The van der Waals surface area contributed by atoms with Gasteiger partial charge in [0.05, 0.1) is 0 Å². The van der Waals surface area contributed by atoms with Gasteiger partial charge >= 0.3 is 0 Å². The first-order valence-electron chi connectivity index (χ1n) is 7.71. The molecule has 0 radical (unpaired) electrons. The summed E-state index contributed by atoms with van der Waals surface area (Å²) in [5.74, 6) is 2.99. The first kappa shape index (κ1) is 13.9. The number of nitrogens with zero attached hydrogens (tertiary/aromatic N) is 3. The first-order chi connectivity index (χ1) is 10.3. The molecule has 4 heteroatoms. The lowest BCUT2D eigenvalue weighted by atomic mass is 9.85. The lowest BCUT2D eigenvalue weighted by Gasteiger charge is -2.32. The average molecular weight is 282 g/mol. The fraction of sp³-hybridized carbons (Fsp3) is 0.412. The maximum Gasteiger partial charge on any atom is 0.163 e. The predicted octanol–water partition coefficient (Wildman–Crippen LogP) is 3.35. The van der Waals surface area contributed by atoms with Gasteiger partial charge in [0, 0.05) is 24.7 Å². The molecule has 0 amide bonds. The van der Waals surface area contributed by atoms with Crippen molar-refractivity contribution >= 4 is 11.6 Å². The molecule has 110 valence electrons. The maximum absolute atomic E-state index is 5.99. The molecule has 0 atom stereocenters. The Morgan fingerprint density at radius 2 is 1.95 bits per heavy atom. The summed E-state index contributed by atoms with van der Waals surface area (Å²) in [6, 6.07) is 11.9. The van der Waals surface area contributed by atoms with Gasteiger partial charge in [-0.1, -0.05) is 36.8 Å². The van der Waals surface area contributed by atoms with Crippen molar-refractivity contribution in [2.45, 2.75) is 26.2 Å². The van der Waals surface area contributed by atoms with Crippen LogP contribution in [0.15, 0.2) is 36.4 Å². The van der Waals surface area contributed by atoms with Gasteiger partial charge in [0.15, 0.2) is 5.82 Å². The van der Waals surface area contributed by atoms with Crippen LogP contribution in [0.4, 0.5) is 11.6 Å². The predicted molar refractivity (Wildman–Crippen MR) is 87.1 cm³/mol. The van der Waals surface area contributed by atoms with E-state index in [0.717, 1.165) is 30.4 Å². The molecule has 4 nitrogen and oxygen atoms in total. The van der Waals surface area contributed by atoms with Crippen LogP contribution in [0.1, 0.15) is 26.2 Å². The van der Waals surface area contributed by atoms with Gasteiger partial charge in [-0.25, -0.2) is 9.97 Å². The zero-order valence-electron chi connectivity index (χ0n) is 12.5. The van der Waals surface area contributed by atoms with E-state index in [1.54, 1.807) is 0 Å². The minimum absolute atomic E-state index is 0.533. The summed E-state index contributed by atoms with van der Waals surface area (Å²) in [6.07, 6.45) is 4.04. The number of aromatic nitrogens is 2. The normalized spacial score (nSPS) is 14.7. The molecule has 1 aliphatic carbocycles. The standard InChI is InChI=1S/C17H22N4/c1-2-21(12-13-7-6-8-13)16-11-15(18)19-17(20-16)14-9-4-3-5-10-14/h3-5,9-11,13H,2,6-8,12H2,1H3,(H2,18,19,20). The highest BCUT2D eigenvalue weighted by molar-refractivity contribution is 5.60. The summed E-state index contributed by atoms with van der Waals surface area (Å²) in [5, 5.41) is 0. The minimum atomic E-state index is 0.533. The van der Waals surface area contributed by atoms with Crippen molar-refractivity contribution in [2.75, 3.05) is 23.7 Å². The molecular formula is C17H22N4. The zero-order valence-corrected chi connectivity index (χ0v) is 12.5. The Balaban J connectivity index is 1.89. The van der Waals surface area contributed by atoms with Gasteiger partial charge in [-0.15, -0.1) is 0 Å². The summed E-state index contributed by atoms with van der Waals surface area (Å²) in [6.45, 7) is 4.18. The average Bonchev–Trinajstić information content (AvgIpc) is 2.46. The fourth-order valence-corrected chi connectivity index (χ4v) is 2.70. The maximum atomic E-state index is 5.99. The van der Waals surface area contributed by atoms with Crippen LogP contribution >= 0.6 is 0 Å². The highest BCUT2D eigenvalue weighted by Gasteiger charge is 2.21. The van der Waals surface area contributed by atoms with E-state index in [4.69, 9.17) is 10.7 Å². The Labute approximate surface area is 126 Å². The van der Waals surface area contributed by atoms with E-state index in [9.17, 15) is 0 Å². The van der Waals surface area contributed by atoms with Gasteiger partial charge in [-0.2, -0.15) is 0 Å². The van der Waals surface area contributed by atoms with Crippen molar-refractivity contribution in [2.24, 2.45) is 5.92 Å². The van der Waals surface area contributed by atoms with Crippen LogP contribution in [0.3, 0.4) is 0 Å². The van der Waals surface area contributed by atoms with Crippen LogP contribution in [0.2, 0.25) is 0 Å². The molecule has 0 bridgehead atoms. The third-order valence-corrected chi connectivity index (χ3v) is 4.17. The molecule has 0 saturated heterocycles. The van der Waals surface area contributed by atoms with Crippen LogP contribution in [0.25, 0.3) is 11.4 Å². The third kappa shape index (κ3) is 3.15. The van der Waals surface area contributed by atoms with Gasteiger partial charge in [-0.05, 0) is 25.7 Å². The number of hydrogen-bond acceptors (Lipinski definition) is 4. The molecule has 21 heavy (non-hydrogen) atoms. The highest BCUT2D eigenvalue weighted by atomic mass is 15.2. The van der Waals surface area contributed by atoms with Crippen LogP contribution in [0, 0.1) is 5.92 Å². The van der Waals surface area contributed by atoms with Crippen molar-refractivity contribution in [3.63, 3.8) is 0 Å². The van der Waals surface area contributed by atoms with Crippen LogP contribution < -0.4 is 10.6 Å². The van der Waals surface area contributed by atoms with Crippen molar-refractivity contribution in [1.29, 1.82) is 0 Å². The second-order valence-corrected chi connectivity index (χ2v) is 5.68. The fourth-order valence-electron chi connectivity index (χ4n) is 2.70. The van der Waals surface area contributed by atoms with Crippen LogP contribution in [-0.4, -0.2) is 23.1 Å². The monoisotopic (exact) mass is 282 g/mol. The van der Waals surface area contributed by atoms with Crippen LogP contribution in [-0.2, 0) is 0 Å². The second kappa shape index (κ2) is 6.12. The topological polar surface area (TPSA) is 55.0 Å². The van der Waals surface area contributed by atoms with E-state index in [1.807, 2.05) is 36.4 Å². The number of rotatable bonds is 5. The molecule has 1 aliphatic rings. The van der Waals surface area contributed by atoms with Gasteiger partial charge in [0.1, 0.15) is 11.6 Å². The van der Waals surface area contributed by atoms with Gasteiger partial charge in [0.25, 0.3) is 0 Å². The van der Waals surface area contributed by atoms with E-state index < -0.39 is 0 Å². The Morgan fingerprint density at radius 1 is 1.19 bits per heavy atom. The summed E-state index contributed by atoms with van der Waals surface area (Å²) < 4.78 is 0. The van der Waals surface area contributed by atoms with E-state index in [-0.39, 0.29) is 0 Å². The molecule has 1 saturated carbocycles. The molecule has 3 rings (SSSR count). The molecular weight excluding hydrogens is 260 g/mol. The molecule has 1 aromatic heterocycles. The second-order valence-electron chi connectivity index (χ2n) is 5.68. The summed E-state index contributed by atoms with van der Waals surface area (Å²) in [4.78, 5) is 11.4. The highest BCUT2D eigenvalue weighted by Crippen LogP contribution is 2.29. The molecule has 1 fully saturated rings. The Hall–Kier alpha value is -2.10. The minimum Gasteiger partial charge on any atom is -0.384 e. The molecule has 0 aliphatic heterocycles. The van der Waals surface area contributed by atoms with Gasteiger partial charge in [-0.3, -0.25) is 0 Å². The quantitative estimate of drug-likeness (QED) is 0.913. The Bertz CT molecular complexity index is 593. The number of hydrogen-bond donors (Lipinski definition) is 1. The van der Waals surface area contributed by atoms with Crippen molar-refractivity contribution in [3.05, 3.63) is 36.4 Å². The van der Waals surface area contributed by atoms with E-state index >= 15 is 0 Å². The van der Waals surface area contributed by atoms with E-state index in [0.29, 0.717) is 11.6 Å². The molecule has 0 spiro atoms. The third-order valence-electron chi connectivity index (χ3n) is 4.17. The lowest BCUT2D eigenvalue weighted by Crippen LogP contribution is -2.33. The van der Waals surface area contributed by atoms with E-state index in [2.05, 4.69) is 16.8 Å². The molecule has 2 aromatic rings. The Morgan fingerprint density at radius 3 is 2.57 bits per heavy atom. The number of benzene rings is 1. The SMILES string of the molecule is CCN(CC1CCC1)c1cc(N)nc(-c2ccccc2)n1. The summed E-state index contributed by atoms with van der Waals surface area (Å²) in [5.41, 5.74) is 6.99. The van der Waals surface area contributed by atoms with Crippen LogP contribution in [0.5, 0.6) is 0 Å². The van der Waals surface area contributed by atoms with Crippen molar-refractivity contribution < 1.29 is 0 Å². The van der Waals surface area contributed by atoms with Crippen molar-refractivity contribution in [1.82, 2.24) is 9.97 Å². The summed E-state index contributed by atoms with van der Waals surface area (Å²) in [7, 11) is 0. The smallest absolute Gasteiger partial charge is 0.163 e. The number of nitrogens with two attached hydrogens (primary N) is 1. The Kier molecular flexibility index (Phi) is 4.04. The molecule has 2 N–H and O–H groups in total. The largest absolute Gasteiger partial charge is 0.384 e. The lowest BCUT2D eigenvalue weighted by molar-refractivity contribution is 0.318. The number of nitrogen functional groups attached to an aromatic ring is 1.